The van der Waals surface area contributed by atoms with Crippen molar-refractivity contribution in [1.29, 1.82) is 0 Å². The van der Waals surface area contributed by atoms with Gasteiger partial charge < -0.3 is 4.90 Å². The van der Waals surface area contributed by atoms with E-state index in [1.54, 1.807) is 0 Å². The number of hydrogen-bond acceptors (Lipinski definition) is 1. The molecule has 0 saturated carbocycles. The number of hydrogen-bond donors (Lipinski definition) is 0. The van der Waals surface area contributed by atoms with E-state index in [-0.39, 0.29) is 0 Å². The van der Waals surface area contributed by atoms with E-state index >= 15 is 0 Å². The third-order valence-corrected chi connectivity index (χ3v) is 2.30. The highest BCUT2D eigenvalue weighted by atomic mass is 28.1. The molecule has 0 aliphatic rings. The minimum Gasteiger partial charge on any atom is -0.368 e. The van der Waals surface area contributed by atoms with Gasteiger partial charge in [-0.15, -0.1) is 0 Å². The van der Waals surface area contributed by atoms with Crippen LogP contribution in [0.2, 0.25) is 0 Å². The summed E-state index contributed by atoms with van der Waals surface area (Å²) in [6, 6.07) is 0. The van der Waals surface area contributed by atoms with Gasteiger partial charge in [-0.05, 0) is 6.92 Å². The fourth-order valence-corrected chi connectivity index (χ4v) is 0.857. The predicted molar refractivity (Wildman–Crippen MR) is 41.6 cm³/mol. The first-order valence-corrected chi connectivity index (χ1v) is 4.28. The molecule has 0 aliphatic heterocycles. The Hall–Kier alpha value is -0.313. The molecule has 0 amide bonds. The summed E-state index contributed by atoms with van der Waals surface area (Å²) in [5, 5.41) is 0. The number of rotatable bonds is 1. The van der Waals surface area contributed by atoms with Crippen LogP contribution in [0.3, 0.4) is 0 Å². The molecule has 0 bridgehead atoms. The lowest BCUT2D eigenvalue weighted by Gasteiger charge is -2.14. The molecular formula is C5H14N2Si. The fraction of sp³-hybridized carbons (Fsp3) is 0.800. The molecule has 0 aromatic heterocycles. The quantitative estimate of drug-likeness (QED) is 0.260. The normalized spacial score (nSPS) is 12.1. The van der Waals surface area contributed by atoms with Crippen LogP contribution >= 0.6 is 0 Å². The van der Waals surface area contributed by atoms with Gasteiger partial charge in [-0.3, -0.25) is 4.99 Å². The van der Waals surface area contributed by atoms with Crippen molar-refractivity contribution in [2.75, 3.05) is 20.3 Å². The molecular weight excluding hydrogens is 116 g/mol. The van der Waals surface area contributed by atoms with Crippen molar-refractivity contribution in [3.05, 3.63) is 0 Å². The summed E-state index contributed by atoms with van der Waals surface area (Å²) in [6.07, 6.45) is 1.17. The first kappa shape index (κ1) is 7.69. The first-order valence-electron chi connectivity index (χ1n) is 2.86. The lowest BCUT2D eigenvalue weighted by Crippen LogP contribution is -2.25. The second-order valence-corrected chi connectivity index (χ2v) is 2.42. The van der Waals surface area contributed by atoms with Crippen LogP contribution in [-0.2, 0) is 0 Å². The minimum absolute atomic E-state index is 1.13. The van der Waals surface area contributed by atoms with Crippen molar-refractivity contribution in [3.8, 4) is 0 Å². The molecule has 48 valence electrons. The SMILES string of the molecule is CN=C(C)N(C)C[SiH3]. The van der Waals surface area contributed by atoms with E-state index in [9.17, 15) is 0 Å². The Morgan fingerprint density at radius 1 is 1.75 bits per heavy atom. The van der Waals surface area contributed by atoms with Crippen LogP contribution in [0.5, 0.6) is 0 Å². The molecule has 0 N–H and O–H groups in total. The van der Waals surface area contributed by atoms with Crippen LogP contribution < -0.4 is 0 Å². The summed E-state index contributed by atoms with van der Waals surface area (Å²) < 4.78 is 0. The smallest absolute Gasteiger partial charge is 0.0948 e. The Balaban J connectivity index is 3.63. The first-order chi connectivity index (χ1) is 3.72. The maximum atomic E-state index is 4.02. The van der Waals surface area contributed by atoms with Crippen LogP contribution in [0.25, 0.3) is 0 Å². The molecule has 2 nitrogen and oxygen atoms in total. The third-order valence-electron chi connectivity index (χ3n) is 1.35. The zero-order valence-electron chi connectivity index (χ0n) is 6.10. The van der Waals surface area contributed by atoms with Gasteiger partial charge in [-0.1, -0.05) is 0 Å². The standard InChI is InChI=1S/C5H14N2Si/c1-5(6-2)7(3)4-8/h4H2,1-3,8H3. The van der Waals surface area contributed by atoms with Crippen molar-refractivity contribution in [1.82, 2.24) is 4.90 Å². The van der Waals surface area contributed by atoms with Crippen molar-refractivity contribution >= 4 is 16.1 Å². The van der Waals surface area contributed by atoms with Gasteiger partial charge in [0.05, 0.1) is 5.84 Å². The Labute approximate surface area is 54.0 Å². The molecule has 0 aliphatic carbocycles. The molecule has 0 saturated heterocycles. The van der Waals surface area contributed by atoms with Gasteiger partial charge in [-0.25, -0.2) is 0 Å². The van der Waals surface area contributed by atoms with E-state index in [0.717, 1.165) is 5.84 Å². The number of aliphatic imine (C=N–C) groups is 1. The summed E-state index contributed by atoms with van der Waals surface area (Å²) in [4.78, 5) is 6.18. The van der Waals surface area contributed by atoms with Gasteiger partial charge in [0, 0.05) is 30.5 Å². The van der Waals surface area contributed by atoms with Gasteiger partial charge in [0.1, 0.15) is 0 Å². The monoisotopic (exact) mass is 130 g/mol. The summed E-state index contributed by atoms with van der Waals surface area (Å²) in [7, 11) is 5.11. The highest BCUT2D eigenvalue weighted by Gasteiger charge is 1.91. The Bertz CT molecular complexity index is 90.4. The van der Waals surface area contributed by atoms with E-state index < -0.39 is 0 Å². The van der Waals surface area contributed by atoms with Gasteiger partial charge in [-0.2, -0.15) is 0 Å². The fourth-order valence-electron chi connectivity index (χ4n) is 0.400. The number of nitrogens with zero attached hydrogens (tertiary/aromatic N) is 2. The molecule has 0 aromatic carbocycles. The summed E-state index contributed by atoms with van der Waals surface area (Å²) in [6.45, 7) is 2.03. The van der Waals surface area contributed by atoms with Crippen molar-refractivity contribution in [3.63, 3.8) is 0 Å². The van der Waals surface area contributed by atoms with E-state index in [2.05, 4.69) is 16.9 Å². The van der Waals surface area contributed by atoms with E-state index in [0.29, 0.717) is 0 Å². The van der Waals surface area contributed by atoms with Crippen LogP contribution in [-0.4, -0.2) is 41.2 Å². The second kappa shape index (κ2) is 3.66. The summed E-state index contributed by atoms with van der Waals surface area (Å²) >= 11 is 0. The molecule has 0 atom stereocenters. The number of amidine groups is 1. The van der Waals surface area contributed by atoms with E-state index in [1.165, 1.54) is 16.4 Å². The van der Waals surface area contributed by atoms with Gasteiger partial charge in [0.15, 0.2) is 0 Å². The molecule has 0 fully saturated rings. The highest BCUT2D eigenvalue weighted by molar-refractivity contribution is 6.10. The van der Waals surface area contributed by atoms with Gasteiger partial charge in [0.2, 0.25) is 0 Å². The predicted octanol–water partition coefficient (Wildman–Crippen LogP) is -0.711. The second-order valence-electron chi connectivity index (χ2n) is 1.78. The molecule has 0 spiro atoms. The highest BCUT2D eigenvalue weighted by Crippen LogP contribution is 1.80. The largest absolute Gasteiger partial charge is 0.368 e. The van der Waals surface area contributed by atoms with Crippen LogP contribution in [0.1, 0.15) is 6.92 Å². The van der Waals surface area contributed by atoms with Crippen molar-refractivity contribution in [2.45, 2.75) is 6.92 Å². The Morgan fingerprint density at radius 3 is 2.38 bits per heavy atom. The molecule has 0 radical (unpaired) electrons. The summed E-state index contributed by atoms with van der Waals surface area (Å²) in [5.74, 6) is 1.13. The molecule has 0 rings (SSSR count). The van der Waals surface area contributed by atoms with Crippen molar-refractivity contribution < 1.29 is 0 Å². The molecule has 0 heterocycles. The van der Waals surface area contributed by atoms with Gasteiger partial charge in [0.25, 0.3) is 0 Å². The van der Waals surface area contributed by atoms with E-state index in [4.69, 9.17) is 0 Å². The van der Waals surface area contributed by atoms with Crippen LogP contribution in [0.15, 0.2) is 4.99 Å². The molecule has 8 heavy (non-hydrogen) atoms. The zero-order chi connectivity index (χ0) is 6.57. The average molecular weight is 130 g/mol. The van der Waals surface area contributed by atoms with Crippen molar-refractivity contribution in [2.24, 2.45) is 4.99 Å². The lowest BCUT2D eigenvalue weighted by molar-refractivity contribution is 0.588. The molecule has 3 heteroatoms. The molecule has 0 unspecified atom stereocenters. The average Bonchev–Trinajstić information content (AvgIpc) is 1.84. The Kier molecular flexibility index (Phi) is 3.52. The zero-order valence-corrected chi connectivity index (χ0v) is 8.10. The third kappa shape index (κ3) is 2.11. The van der Waals surface area contributed by atoms with Gasteiger partial charge >= 0.3 is 0 Å². The maximum Gasteiger partial charge on any atom is 0.0948 e. The summed E-state index contributed by atoms with van der Waals surface area (Å²) in [5.41, 5.74) is 0. The van der Waals surface area contributed by atoms with Crippen LogP contribution in [0, 0.1) is 0 Å². The van der Waals surface area contributed by atoms with Crippen LogP contribution in [0.4, 0.5) is 0 Å². The van der Waals surface area contributed by atoms with E-state index in [1.807, 2.05) is 14.0 Å². The Morgan fingerprint density at radius 2 is 2.25 bits per heavy atom. The topological polar surface area (TPSA) is 15.6 Å². The maximum absolute atomic E-state index is 4.02. The minimum atomic E-state index is 1.13. The molecule has 0 aromatic rings. The lowest BCUT2D eigenvalue weighted by atomic mass is 10.6.